The summed E-state index contributed by atoms with van der Waals surface area (Å²) in [6, 6.07) is 17.4. The summed E-state index contributed by atoms with van der Waals surface area (Å²) in [6.07, 6.45) is 4.47. The second-order valence-corrected chi connectivity index (χ2v) is 8.63. The van der Waals surface area contributed by atoms with Gasteiger partial charge in [0.05, 0.1) is 22.6 Å². The Morgan fingerprint density at radius 3 is 2.55 bits per heavy atom. The van der Waals surface area contributed by atoms with Crippen molar-refractivity contribution in [2.24, 2.45) is 5.73 Å². The Bertz CT molecular complexity index is 1440. The van der Waals surface area contributed by atoms with Crippen LogP contribution in [0.2, 0.25) is 0 Å². The Labute approximate surface area is 231 Å². The van der Waals surface area contributed by atoms with Gasteiger partial charge in [-0.25, -0.2) is 4.39 Å². The minimum Gasteiger partial charge on any atom is -0.457 e. The highest BCUT2D eigenvalue weighted by Gasteiger charge is 2.11. The van der Waals surface area contributed by atoms with E-state index in [-0.39, 0.29) is 23.9 Å². The number of nitrogens with zero attached hydrogens (tertiary/aromatic N) is 1. The third-order valence-corrected chi connectivity index (χ3v) is 5.55. The minimum atomic E-state index is -0.414. The number of carbonyl (C=O) groups excluding carboxylic acids is 3. The van der Waals surface area contributed by atoms with Gasteiger partial charge in [0.1, 0.15) is 17.3 Å². The Morgan fingerprint density at radius 1 is 1.07 bits per heavy atom. The molecule has 2 heterocycles. The first-order chi connectivity index (χ1) is 19.3. The monoisotopic (exact) mass is 546 g/mol. The standard InChI is InChI=1S/C21H23N5O3.C8H8FNO/c1-23-15-4-6-16(7-5-15)29-17-8-10-24-19(12-17)18-11-14(13-26-18)21(28)25-9-2-3-20(22)27;1-6-2-3-7(9)8(4-6)10-5-11/h4-8,10-13,23,26H,2-3,9H2,1H3,(H2,22,27)(H,25,28);2-5H,1H3,(H,10,11). The number of nitrogens with one attached hydrogen (secondary N) is 4. The van der Waals surface area contributed by atoms with E-state index >= 15 is 0 Å². The van der Waals surface area contributed by atoms with Crippen molar-refractivity contribution in [3.05, 3.63) is 90.0 Å². The van der Waals surface area contributed by atoms with E-state index in [9.17, 15) is 18.8 Å². The minimum absolute atomic E-state index is 0.222. The fourth-order valence-electron chi connectivity index (χ4n) is 3.50. The predicted octanol–water partition coefficient (Wildman–Crippen LogP) is 4.61. The van der Waals surface area contributed by atoms with Gasteiger partial charge >= 0.3 is 0 Å². The van der Waals surface area contributed by atoms with Gasteiger partial charge in [-0.1, -0.05) is 6.07 Å². The highest BCUT2D eigenvalue weighted by molar-refractivity contribution is 5.95. The molecule has 4 aromatic rings. The number of carbonyl (C=O) groups is 3. The van der Waals surface area contributed by atoms with Crippen LogP contribution in [-0.2, 0) is 9.59 Å². The van der Waals surface area contributed by atoms with Gasteiger partial charge in [0, 0.05) is 44.2 Å². The number of hydrogen-bond acceptors (Lipinski definition) is 6. The molecular formula is C29H31FN6O4. The van der Waals surface area contributed by atoms with E-state index in [2.05, 4.69) is 25.9 Å². The van der Waals surface area contributed by atoms with E-state index in [1.165, 1.54) is 6.07 Å². The van der Waals surface area contributed by atoms with Gasteiger partial charge in [-0.2, -0.15) is 0 Å². The number of halogens is 1. The first-order valence-corrected chi connectivity index (χ1v) is 12.4. The van der Waals surface area contributed by atoms with Crippen LogP contribution in [0.5, 0.6) is 11.5 Å². The van der Waals surface area contributed by atoms with Crippen LogP contribution in [0.1, 0.15) is 28.8 Å². The summed E-state index contributed by atoms with van der Waals surface area (Å²) >= 11 is 0. The number of H-pyrrole nitrogens is 1. The molecule has 0 aliphatic heterocycles. The Hall–Kier alpha value is -5.19. The first-order valence-electron chi connectivity index (χ1n) is 12.4. The van der Waals surface area contributed by atoms with Gasteiger partial charge in [0.15, 0.2) is 0 Å². The summed E-state index contributed by atoms with van der Waals surface area (Å²) in [5.41, 5.74) is 9.05. The number of pyridine rings is 1. The largest absolute Gasteiger partial charge is 0.457 e. The zero-order valence-electron chi connectivity index (χ0n) is 22.2. The van der Waals surface area contributed by atoms with E-state index < -0.39 is 5.82 Å². The van der Waals surface area contributed by atoms with Crippen LogP contribution in [-0.4, -0.2) is 41.8 Å². The summed E-state index contributed by atoms with van der Waals surface area (Å²) in [4.78, 5) is 40.3. The fourth-order valence-corrected chi connectivity index (χ4v) is 3.50. The molecule has 3 amide bonds. The summed E-state index contributed by atoms with van der Waals surface area (Å²) in [7, 11) is 1.86. The predicted molar refractivity (Wildman–Crippen MR) is 152 cm³/mol. The zero-order chi connectivity index (χ0) is 28.9. The molecule has 4 rings (SSSR count). The second-order valence-electron chi connectivity index (χ2n) is 8.63. The molecule has 208 valence electrons. The van der Waals surface area contributed by atoms with E-state index in [4.69, 9.17) is 10.5 Å². The number of aromatic nitrogens is 2. The highest BCUT2D eigenvalue weighted by Crippen LogP contribution is 2.26. The number of nitrogens with two attached hydrogens (primary N) is 1. The van der Waals surface area contributed by atoms with Crippen LogP contribution in [0.3, 0.4) is 0 Å². The lowest BCUT2D eigenvalue weighted by Crippen LogP contribution is -2.25. The SMILES string of the molecule is CNc1ccc(Oc2ccnc(-c3cc(C(=O)NCCCC(N)=O)c[nH]3)c2)cc1.Cc1ccc(F)c(NC=O)c1. The smallest absolute Gasteiger partial charge is 0.252 e. The molecule has 2 aromatic carbocycles. The van der Waals surface area contributed by atoms with Crippen molar-refractivity contribution >= 4 is 29.6 Å². The molecule has 0 spiro atoms. The number of amides is 3. The molecule has 40 heavy (non-hydrogen) atoms. The number of rotatable bonds is 11. The number of primary amides is 1. The number of anilines is 2. The van der Waals surface area contributed by atoms with Crippen molar-refractivity contribution < 1.29 is 23.5 Å². The molecule has 6 N–H and O–H groups in total. The quantitative estimate of drug-likeness (QED) is 0.137. The zero-order valence-corrected chi connectivity index (χ0v) is 22.2. The summed E-state index contributed by atoms with van der Waals surface area (Å²) in [5.74, 6) is 0.328. The molecule has 0 saturated carbocycles. The lowest BCUT2D eigenvalue weighted by atomic mass is 10.2. The van der Waals surface area contributed by atoms with Crippen LogP contribution < -0.4 is 26.4 Å². The molecule has 11 heteroatoms. The van der Waals surface area contributed by atoms with Crippen LogP contribution in [0.15, 0.2) is 73.1 Å². The molecular weight excluding hydrogens is 515 g/mol. The summed E-state index contributed by atoms with van der Waals surface area (Å²) in [6.45, 7) is 2.21. The Morgan fingerprint density at radius 2 is 1.85 bits per heavy atom. The van der Waals surface area contributed by atoms with E-state index in [0.29, 0.717) is 47.8 Å². The third-order valence-electron chi connectivity index (χ3n) is 5.55. The number of hydrogen-bond donors (Lipinski definition) is 5. The van der Waals surface area contributed by atoms with E-state index in [0.717, 1.165) is 11.3 Å². The maximum atomic E-state index is 12.7. The molecule has 0 radical (unpaired) electrons. The maximum Gasteiger partial charge on any atom is 0.252 e. The molecule has 0 atom stereocenters. The fraction of sp³-hybridized carbons (Fsp3) is 0.172. The number of benzene rings is 2. The Kier molecular flexibility index (Phi) is 10.8. The topological polar surface area (TPSA) is 151 Å². The van der Waals surface area contributed by atoms with Gasteiger partial charge in [0.2, 0.25) is 12.3 Å². The molecule has 0 saturated heterocycles. The van der Waals surface area contributed by atoms with Gasteiger partial charge in [-0.15, -0.1) is 0 Å². The van der Waals surface area contributed by atoms with E-state index in [1.54, 1.807) is 42.7 Å². The maximum absolute atomic E-state index is 12.7. The Balaban J connectivity index is 0.000000336. The molecule has 10 nitrogen and oxygen atoms in total. The number of aryl methyl sites for hydroxylation is 1. The lowest BCUT2D eigenvalue weighted by Gasteiger charge is -2.07. The number of aromatic amines is 1. The molecule has 0 unspecified atom stereocenters. The lowest BCUT2D eigenvalue weighted by molar-refractivity contribution is -0.118. The van der Waals surface area contributed by atoms with Gasteiger partial charge in [-0.05, 0) is 67.4 Å². The number of ether oxygens (including phenoxy) is 1. The van der Waals surface area contributed by atoms with Crippen LogP contribution in [0, 0.1) is 12.7 Å². The average Bonchev–Trinajstić information content (AvgIpc) is 3.45. The van der Waals surface area contributed by atoms with Crippen molar-refractivity contribution in [2.45, 2.75) is 19.8 Å². The summed E-state index contributed by atoms with van der Waals surface area (Å²) in [5, 5.41) is 8.07. The third kappa shape index (κ3) is 8.98. The normalized spacial score (nSPS) is 10.1. The van der Waals surface area contributed by atoms with Crippen molar-refractivity contribution in [2.75, 3.05) is 24.2 Å². The molecule has 0 fully saturated rings. The highest BCUT2D eigenvalue weighted by atomic mass is 19.1. The summed E-state index contributed by atoms with van der Waals surface area (Å²) < 4.78 is 18.6. The van der Waals surface area contributed by atoms with Gasteiger partial charge in [0.25, 0.3) is 5.91 Å². The van der Waals surface area contributed by atoms with E-state index in [1.807, 2.05) is 38.2 Å². The molecule has 2 aromatic heterocycles. The molecule has 0 aliphatic carbocycles. The van der Waals surface area contributed by atoms with Crippen LogP contribution in [0.4, 0.5) is 15.8 Å². The van der Waals surface area contributed by atoms with Gasteiger partial charge < -0.3 is 31.4 Å². The van der Waals surface area contributed by atoms with Crippen molar-refractivity contribution in [3.63, 3.8) is 0 Å². The van der Waals surface area contributed by atoms with Crippen LogP contribution in [0.25, 0.3) is 11.4 Å². The first kappa shape index (κ1) is 29.4. The second kappa shape index (κ2) is 14.7. The van der Waals surface area contributed by atoms with Gasteiger partial charge in [-0.3, -0.25) is 19.4 Å². The van der Waals surface area contributed by atoms with Crippen molar-refractivity contribution in [1.82, 2.24) is 15.3 Å². The van der Waals surface area contributed by atoms with Crippen molar-refractivity contribution in [3.8, 4) is 22.9 Å². The molecule has 0 aliphatic rings. The molecule has 0 bridgehead atoms. The average molecular weight is 547 g/mol. The van der Waals surface area contributed by atoms with Crippen molar-refractivity contribution in [1.29, 1.82) is 0 Å². The van der Waals surface area contributed by atoms with Crippen LogP contribution >= 0.6 is 0 Å².